The second kappa shape index (κ2) is 6.18. The van der Waals surface area contributed by atoms with Crippen molar-refractivity contribution in [3.8, 4) is 0 Å². The van der Waals surface area contributed by atoms with Gasteiger partial charge in [-0.25, -0.2) is 4.39 Å². The van der Waals surface area contributed by atoms with E-state index in [1.165, 1.54) is 5.57 Å². The number of piperidine rings is 1. The smallest absolute Gasteiger partial charge is 0.132 e. The lowest BCUT2D eigenvalue weighted by Gasteiger charge is -2.39. The molecule has 0 unspecified atom stereocenters. The van der Waals surface area contributed by atoms with Crippen molar-refractivity contribution in [2.75, 3.05) is 32.1 Å². The van der Waals surface area contributed by atoms with Crippen LogP contribution in [0, 0.1) is 5.82 Å². The van der Waals surface area contributed by atoms with E-state index in [0.29, 0.717) is 5.56 Å². The Kier molecular flexibility index (Phi) is 4.72. The van der Waals surface area contributed by atoms with E-state index in [9.17, 15) is 4.39 Å². The molecular formula is C18H27FN2. The third kappa shape index (κ3) is 4.07. The fraction of sp³-hybridized carbons (Fsp3) is 0.556. The molecule has 0 radical (unpaired) electrons. The van der Waals surface area contributed by atoms with Gasteiger partial charge in [-0.3, -0.25) is 4.90 Å². The van der Waals surface area contributed by atoms with Crippen LogP contribution in [0.3, 0.4) is 0 Å². The molecule has 1 saturated heterocycles. The molecule has 21 heavy (non-hydrogen) atoms. The first-order chi connectivity index (χ1) is 9.77. The van der Waals surface area contributed by atoms with Crippen molar-refractivity contribution in [1.82, 2.24) is 4.90 Å². The first-order valence-corrected chi connectivity index (χ1v) is 7.69. The number of anilines is 1. The lowest BCUT2D eigenvalue weighted by Crippen LogP contribution is -2.44. The molecule has 1 aromatic rings. The second-order valence-corrected chi connectivity index (χ2v) is 7.06. The summed E-state index contributed by atoms with van der Waals surface area (Å²) in [6, 6.07) is 5.46. The highest BCUT2D eigenvalue weighted by Gasteiger charge is 2.24. The molecule has 1 fully saturated rings. The fourth-order valence-electron chi connectivity index (χ4n) is 2.74. The molecule has 2 nitrogen and oxygen atoms in total. The minimum Gasteiger partial charge on any atom is -0.378 e. The van der Waals surface area contributed by atoms with Gasteiger partial charge in [-0.2, -0.15) is 0 Å². The number of nitrogens with zero attached hydrogens (tertiary/aromatic N) is 2. The van der Waals surface area contributed by atoms with Crippen LogP contribution in [0.2, 0.25) is 0 Å². The van der Waals surface area contributed by atoms with Crippen LogP contribution in [-0.2, 0) is 0 Å². The molecule has 116 valence electrons. The predicted molar refractivity (Wildman–Crippen MR) is 89.3 cm³/mol. The Morgan fingerprint density at radius 3 is 2.24 bits per heavy atom. The molecule has 0 amide bonds. The Morgan fingerprint density at radius 1 is 1.14 bits per heavy atom. The highest BCUT2D eigenvalue weighted by molar-refractivity contribution is 5.58. The van der Waals surface area contributed by atoms with Gasteiger partial charge in [0, 0.05) is 44.0 Å². The average Bonchev–Trinajstić information content (AvgIpc) is 2.40. The number of rotatable bonds is 2. The van der Waals surface area contributed by atoms with Crippen LogP contribution < -0.4 is 4.90 Å². The molecule has 0 saturated carbocycles. The van der Waals surface area contributed by atoms with E-state index in [1.54, 1.807) is 6.07 Å². The summed E-state index contributed by atoms with van der Waals surface area (Å²) in [5.74, 6) is -0.132. The topological polar surface area (TPSA) is 6.48 Å². The Labute approximate surface area is 128 Å². The molecule has 0 atom stereocenters. The number of hydrogen-bond donors (Lipinski definition) is 0. The van der Waals surface area contributed by atoms with Crippen molar-refractivity contribution in [2.45, 2.75) is 39.2 Å². The second-order valence-electron chi connectivity index (χ2n) is 7.06. The maximum absolute atomic E-state index is 14.1. The van der Waals surface area contributed by atoms with E-state index in [1.807, 2.05) is 37.2 Å². The Balaban J connectivity index is 2.08. The minimum absolute atomic E-state index is 0.132. The lowest BCUT2D eigenvalue weighted by molar-refractivity contribution is 0.126. The molecule has 1 aromatic carbocycles. The number of likely N-dealkylation sites (tertiary alicyclic amines) is 1. The summed E-state index contributed by atoms with van der Waals surface area (Å²) < 4.78 is 14.1. The maximum atomic E-state index is 14.1. The molecule has 3 heteroatoms. The molecule has 1 heterocycles. The van der Waals surface area contributed by atoms with Gasteiger partial charge >= 0.3 is 0 Å². The van der Waals surface area contributed by atoms with Crippen LogP contribution in [0.1, 0.15) is 39.2 Å². The lowest BCUT2D eigenvalue weighted by atomic mass is 9.96. The van der Waals surface area contributed by atoms with Crippen molar-refractivity contribution < 1.29 is 4.39 Å². The summed E-state index contributed by atoms with van der Waals surface area (Å²) in [6.07, 6.45) is 4.10. The molecule has 0 aromatic heterocycles. The Morgan fingerprint density at radius 2 is 1.76 bits per heavy atom. The van der Waals surface area contributed by atoms with Crippen molar-refractivity contribution >= 4 is 11.8 Å². The van der Waals surface area contributed by atoms with Crippen LogP contribution >= 0.6 is 0 Å². The van der Waals surface area contributed by atoms with Crippen molar-refractivity contribution in [3.63, 3.8) is 0 Å². The van der Waals surface area contributed by atoms with Crippen LogP contribution in [0.4, 0.5) is 10.1 Å². The molecule has 0 aliphatic carbocycles. The minimum atomic E-state index is -0.132. The molecule has 1 aliphatic rings. The van der Waals surface area contributed by atoms with E-state index in [4.69, 9.17) is 0 Å². The van der Waals surface area contributed by atoms with Crippen molar-refractivity contribution in [1.29, 1.82) is 0 Å². The number of benzene rings is 1. The summed E-state index contributed by atoms with van der Waals surface area (Å²) in [5.41, 5.74) is 3.19. The number of halogens is 1. The van der Waals surface area contributed by atoms with Gasteiger partial charge in [0.15, 0.2) is 0 Å². The van der Waals surface area contributed by atoms with Crippen molar-refractivity contribution in [2.24, 2.45) is 0 Å². The molecule has 2 rings (SSSR count). The Hall–Kier alpha value is -1.35. The van der Waals surface area contributed by atoms with E-state index < -0.39 is 0 Å². The van der Waals surface area contributed by atoms with Gasteiger partial charge in [0.25, 0.3) is 0 Å². The quantitative estimate of drug-likeness (QED) is 0.806. The highest BCUT2D eigenvalue weighted by Crippen LogP contribution is 2.26. The highest BCUT2D eigenvalue weighted by atomic mass is 19.1. The summed E-state index contributed by atoms with van der Waals surface area (Å²) in [5, 5.41) is 0. The SMILES string of the molecule is CN(C)c1ccc(C=C2CCN(C(C)(C)C)CC2)c(F)c1. The zero-order valence-electron chi connectivity index (χ0n) is 13.9. The summed E-state index contributed by atoms with van der Waals surface area (Å²) in [6.45, 7) is 8.88. The van der Waals surface area contributed by atoms with Gasteiger partial charge in [0.05, 0.1) is 0 Å². The van der Waals surface area contributed by atoms with Gasteiger partial charge in [-0.1, -0.05) is 11.6 Å². The van der Waals surface area contributed by atoms with Gasteiger partial charge in [0.1, 0.15) is 5.82 Å². The van der Waals surface area contributed by atoms with Crippen LogP contribution in [-0.4, -0.2) is 37.6 Å². The summed E-state index contributed by atoms with van der Waals surface area (Å²) in [7, 11) is 3.85. The third-order valence-corrected chi connectivity index (χ3v) is 4.21. The number of hydrogen-bond acceptors (Lipinski definition) is 2. The van der Waals surface area contributed by atoms with Crippen LogP contribution in [0.25, 0.3) is 6.08 Å². The van der Waals surface area contributed by atoms with Gasteiger partial charge in [0.2, 0.25) is 0 Å². The molecule has 0 spiro atoms. The molecule has 0 bridgehead atoms. The Bertz CT molecular complexity index is 517. The van der Waals surface area contributed by atoms with E-state index in [-0.39, 0.29) is 11.4 Å². The van der Waals surface area contributed by atoms with Gasteiger partial charge in [-0.05, 0) is 51.8 Å². The fourth-order valence-corrected chi connectivity index (χ4v) is 2.74. The molecule has 0 N–H and O–H groups in total. The largest absolute Gasteiger partial charge is 0.378 e. The van der Waals surface area contributed by atoms with Crippen molar-refractivity contribution in [3.05, 3.63) is 35.2 Å². The third-order valence-electron chi connectivity index (χ3n) is 4.21. The van der Waals surface area contributed by atoms with Gasteiger partial charge in [-0.15, -0.1) is 0 Å². The molecular weight excluding hydrogens is 263 g/mol. The van der Waals surface area contributed by atoms with E-state index in [0.717, 1.165) is 31.6 Å². The molecule has 1 aliphatic heterocycles. The average molecular weight is 290 g/mol. The van der Waals surface area contributed by atoms with Crippen LogP contribution in [0.15, 0.2) is 23.8 Å². The van der Waals surface area contributed by atoms with Gasteiger partial charge < -0.3 is 4.90 Å². The maximum Gasteiger partial charge on any atom is 0.132 e. The zero-order chi connectivity index (χ0) is 15.6. The van der Waals surface area contributed by atoms with E-state index >= 15 is 0 Å². The standard InChI is InChI=1S/C18H27FN2/c1-18(2,3)21-10-8-14(9-11-21)12-15-6-7-16(20(4)5)13-17(15)19/h6-7,12-13H,8-11H2,1-5H3. The zero-order valence-corrected chi connectivity index (χ0v) is 13.9. The summed E-state index contributed by atoms with van der Waals surface area (Å²) in [4.78, 5) is 4.41. The summed E-state index contributed by atoms with van der Waals surface area (Å²) >= 11 is 0. The van der Waals surface area contributed by atoms with Crippen LogP contribution in [0.5, 0.6) is 0 Å². The first kappa shape index (κ1) is 16.0. The predicted octanol–water partition coefficient (Wildman–Crippen LogP) is 4.17. The normalized spacial score (nSPS) is 17.0. The first-order valence-electron chi connectivity index (χ1n) is 7.69. The monoisotopic (exact) mass is 290 g/mol. The van der Waals surface area contributed by atoms with E-state index in [2.05, 4.69) is 25.7 Å².